The molecule has 0 unspecified atom stereocenters. The average Bonchev–Trinajstić information content (AvgIpc) is 2.34. The van der Waals surface area contributed by atoms with Gasteiger partial charge < -0.3 is 14.6 Å². The molecule has 3 heteroatoms. The summed E-state index contributed by atoms with van der Waals surface area (Å²) in [5.41, 5.74) is 1.16. The molecule has 1 N–H and O–H groups in total. The second-order valence-corrected chi connectivity index (χ2v) is 3.68. The van der Waals surface area contributed by atoms with Gasteiger partial charge in [-0.1, -0.05) is 12.1 Å². The van der Waals surface area contributed by atoms with Gasteiger partial charge in [0.25, 0.3) is 0 Å². The van der Waals surface area contributed by atoms with Crippen molar-refractivity contribution < 1.29 is 14.6 Å². The number of aliphatic hydroxyl groups is 1. The molecular formula is C13H20O3. The zero-order valence-electron chi connectivity index (χ0n) is 9.82. The molecule has 3 nitrogen and oxygen atoms in total. The van der Waals surface area contributed by atoms with Crippen LogP contribution < -0.4 is 4.74 Å². The van der Waals surface area contributed by atoms with E-state index in [0.717, 1.165) is 37.2 Å². The van der Waals surface area contributed by atoms with Gasteiger partial charge in [-0.2, -0.15) is 0 Å². The van der Waals surface area contributed by atoms with Crippen LogP contribution in [0.15, 0.2) is 24.3 Å². The van der Waals surface area contributed by atoms with E-state index in [2.05, 4.69) is 0 Å². The van der Waals surface area contributed by atoms with Gasteiger partial charge in [0.2, 0.25) is 0 Å². The average molecular weight is 224 g/mol. The summed E-state index contributed by atoms with van der Waals surface area (Å²) < 4.78 is 10.6. The highest BCUT2D eigenvalue weighted by Crippen LogP contribution is 2.12. The molecule has 0 bridgehead atoms. The quantitative estimate of drug-likeness (QED) is 0.689. The van der Waals surface area contributed by atoms with Crippen LogP contribution in [0.3, 0.4) is 0 Å². The van der Waals surface area contributed by atoms with Crippen molar-refractivity contribution in [1.29, 1.82) is 0 Å². The van der Waals surface area contributed by atoms with E-state index in [1.54, 1.807) is 7.11 Å². The highest BCUT2D eigenvalue weighted by Gasteiger charge is 1.95. The second kappa shape index (κ2) is 8.13. The molecule has 0 radical (unpaired) electrons. The lowest BCUT2D eigenvalue weighted by Crippen LogP contribution is -1.96. The molecule has 0 aliphatic rings. The molecule has 1 aromatic carbocycles. The largest absolute Gasteiger partial charge is 0.497 e. The number of rotatable bonds is 8. The van der Waals surface area contributed by atoms with Crippen molar-refractivity contribution in [2.24, 2.45) is 0 Å². The molecule has 0 saturated heterocycles. The molecule has 16 heavy (non-hydrogen) atoms. The molecule has 0 fully saturated rings. The summed E-state index contributed by atoms with van der Waals surface area (Å²) in [7, 11) is 1.66. The van der Waals surface area contributed by atoms with Crippen molar-refractivity contribution in [3.8, 4) is 5.75 Å². The molecule has 90 valence electrons. The van der Waals surface area contributed by atoms with Gasteiger partial charge in [-0.05, 0) is 37.0 Å². The molecule has 0 amide bonds. The first kappa shape index (κ1) is 13.0. The van der Waals surface area contributed by atoms with Crippen molar-refractivity contribution >= 4 is 0 Å². The van der Waals surface area contributed by atoms with Gasteiger partial charge in [0.1, 0.15) is 5.75 Å². The third-order valence-electron chi connectivity index (χ3n) is 2.37. The third-order valence-corrected chi connectivity index (χ3v) is 2.37. The van der Waals surface area contributed by atoms with E-state index in [1.807, 2.05) is 24.3 Å². The monoisotopic (exact) mass is 224 g/mol. The lowest BCUT2D eigenvalue weighted by Gasteiger charge is -2.05. The first-order valence-electron chi connectivity index (χ1n) is 5.68. The zero-order valence-corrected chi connectivity index (χ0v) is 9.82. The van der Waals surface area contributed by atoms with Crippen LogP contribution in [0.5, 0.6) is 5.75 Å². The van der Waals surface area contributed by atoms with Crippen LogP contribution >= 0.6 is 0 Å². The van der Waals surface area contributed by atoms with Gasteiger partial charge in [0.15, 0.2) is 0 Å². The van der Waals surface area contributed by atoms with Crippen molar-refractivity contribution in [1.82, 2.24) is 0 Å². The molecule has 0 aromatic heterocycles. The molecule has 1 rings (SSSR count). The van der Waals surface area contributed by atoms with Gasteiger partial charge in [-0.25, -0.2) is 0 Å². The Morgan fingerprint density at radius 2 is 1.81 bits per heavy atom. The fourth-order valence-corrected chi connectivity index (χ4v) is 1.40. The number of ether oxygens (including phenoxy) is 2. The van der Waals surface area contributed by atoms with E-state index < -0.39 is 0 Å². The molecule has 0 atom stereocenters. The molecule has 0 saturated carbocycles. The van der Waals surface area contributed by atoms with Crippen molar-refractivity contribution in [2.75, 3.05) is 20.3 Å². The SMILES string of the molecule is COc1ccc(COCCCCCO)cc1. The Balaban J connectivity index is 2.12. The van der Waals surface area contributed by atoms with Crippen LogP contribution in [0.1, 0.15) is 24.8 Å². The number of hydrogen-bond donors (Lipinski definition) is 1. The Morgan fingerprint density at radius 1 is 1.06 bits per heavy atom. The van der Waals surface area contributed by atoms with E-state index in [4.69, 9.17) is 14.6 Å². The minimum Gasteiger partial charge on any atom is -0.497 e. The summed E-state index contributed by atoms with van der Waals surface area (Å²) >= 11 is 0. The highest BCUT2D eigenvalue weighted by molar-refractivity contribution is 5.26. The number of benzene rings is 1. The Hall–Kier alpha value is -1.06. The van der Waals surface area contributed by atoms with E-state index in [0.29, 0.717) is 6.61 Å². The number of hydrogen-bond acceptors (Lipinski definition) is 3. The third kappa shape index (κ3) is 5.14. The second-order valence-electron chi connectivity index (χ2n) is 3.68. The maximum atomic E-state index is 8.60. The standard InChI is InChI=1S/C13H20O3/c1-15-13-7-5-12(6-8-13)11-16-10-4-2-3-9-14/h5-8,14H,2-4,9-11H2,1H3. The lowest BCUT2D eigenvalue weighted by atomic mass is 10.2. The minimum absolute atomic E-state index is 0.276. The van der Waals surface area contributed by atoms with Crippen molar-refractivity contribution in [3.05, 3.63) is 29.8 Å². The minimum atomic E-state index is 0.276. The molecule has 0 aliphatic heterocycles. The summed E-state index contributed by atoms with van der Waals surface area (Å²) in [5.74, 6) is 0.867. The van der Waals surface area contributed by atoms with Gasteiger partial charge in [0, 0.05) is 13.2 Å². The highest BCUT2D eigenvalue weighted by atomic mass is 16.5. The zero-order chi connectivity index (χ0) is 11.6. The Morgan fingerprint density at radius 3 is 2.44 bits per heavy atom. The van der Waals surface area contributed by atoms with E-state index >= 15 is 0 Å². The molecule has 1 aromatic rings. The number of aliphatic hydroxyl groups excluding tert-OH is 1. The Kier molecular flexibility index (Phi) is 6.61. The van der Waals surface area contributed by atoms with Crippen LogP contribution in [0, 0.1) is 0 Å². The molecule has 0 heterocycles. The lowest BCUT2D eigenvalue weighted by molar-refractivity contribution is 0.115. The number of methoxy groups -OCH3 is 1. The first-order chi connectivity index (χ1) is 7.86. The van der Waals surface area contributed by atoms with E-state index in [9.17, 15) is 0 Å². The van der Waals surface area contributed by atoms with Crippen LogP contribution in [0.4, 0.5) is 0 Å². The summed E-state index contributed by atoms with van der Waals surface area (Å²) in [6.45, 7) is 1.67. The Labute approximate surface area is 97.0 Å². The van der Waals surface area contributed by atoms with E-state index in [1.165, 1.54) is 0 Å². The van der Waals surface area contributed by atoms with E-state index in [-0.39, 0.29) is 6.61 Å². The predicted octanol–water partition coefficient (Wildman–Crippen LogP) is 2.37. The molecule has 0 spiro atoms. The maximum Gasteiger partial charge on any atom is 0.118 e. The van der Waals surface area contributed by atoms with Crippen molar-refractivity contribution in [2.45, 2.75) is 25.9 Å². The summed E-state index contributed by atoms with van der Waals surface area (Å²) in [6, 6.07) is 7.88. The summed E-state index contributed by atoms with van der Waals surface area (Å²) in [4.78, 5) is 0. The molecular weight excluding hydrogens is 204 g/mol. The predicted molar refractivity (Wildman–Crippen MR) is 63.6 cm³/mol. The topological polar surface area (TPSA) is 38.7 Å². The van der Waals surface area contributed by atoms with Crippen molar-refractivity contribution in [3.63, 3.8) is 0 Å². The fraction of sp³-hybridized carbons (Fsp3) is 0.538. The smallest absolute Gasteiger partial charge is 0.118 e. The normalized spacial score (nSPS) is 10.4. The van der Waals surface area contributed by atoms with Crippen LogP contribution in [-0.2, 0) is 11.3 Å². The summed E-state index contributed by atoms with van der Waals surface area (Å²) in [6.07, 6.45) is 2.90. The molecule has 0 aliphatic carbocycles. The maximum absolute atomic E-state index is 8.60. The Bertz CT molecular complexity index is 269. The van der Waals surface area contributed by atoms with Gasteiger partial charge in [0.05, 0.1) is 13.7 Å². The van der Waals surface area contributed by atoms with Crippen LogP contribution in [0.2, 0.25) is 0 Å². The number of unbranched alkanes of at least 4 members (excludes halogenated alkanes) is 2. The first-order valence-corrected chi connectivity index (χ1v) is 5.68. The van der Waals surface area contributed by atoms with Crippen LogP contribution in [0.25, 0.3) is 0 Å². The summed E-state index contributed by atoms with van der Waals surface area (Å²) in [5, 5.41) is 8.60. The van der Waals surface area contributed by atoms with Gasteiger partial charge in [-0.15, -0.1) is 0 Å². The van der Waals surface area contributed by atoms with Gasteiger partial charge >= 0.3 is 0 Å². The van der Waals surface area contributed by atoms with Crippen LogP contribution in [-0.4, -0.2) is 25.4 Å². The fourth-order valence-electron chi connectivity index (χ4n) is 1.40. The van der Waals surface area contributed by atoms with Gasteiger partial charge in [-0.3, -0.25) is 0 Å².